The second-order valence-electron chi connectivity index (χ2n) is 9.76. The van der Waals surface area contributed by atoms with Gasteiger partial charge < -0.3 is 14.7 Å². The molecule has 204 valence electrons. The van der Waals surface area contributed by atoms with Crippen LogP contribution in [0.4, 0.5) is 5.69 Å². The number of hydrogen-bond donors (Lipinski definition) is 1. The first-order valence-electron chi connectivity index (χ1n) is 13.0. The van der Waals surface area contributed by atoms with Crippen molar-refractivity contribution in [2.24, 2.45) is 0 Å². The molecule has 4 rings (SSSR count). The van der Waals surface area contributed by atoms with Crippen molar-refractivity contribution in [1.82, 2.24) is 20.5 Å². The number of benzene rings is 2. The quantitative estimate of drug-likeness (QED) is 0.355. The van der Waals surface area contributed by atoms with Gasteiger partial charge in [0.1, 0.15) is 0 Å². The zero-order valence-electron chi connectivity index (χ0n) is 22.3. The first-order chi connectivity index (χ1) is 17.9. The van der Waals surface area contributed by atoms with Gasteiger partial charge in [-0.05, 0) is 43.0 Å². The molecular weight excluding hydrogens is 478 g/mol. The first kappa shape index (κ1) is 28.9. The Hall–Kier alpha value is -3.65. The highest BCUT2D eigenvalue weighted by Gasteiger charge is 2.27. The number of carbonyl (C=O) groups excluding carboxylic acids is 2. The molecule has 38 heavy (non-hydrogen) atoms. The maximum Gasteiger partial charge on any atom is 0.256 e. The van der Waals surface area contributed by atoms with Gasteiger partial charge in [0.2, 0.25) is 5.91 Å². The van der Waals surface area contributed by atoms with Crippen LogP contribution in [0.1, 0.15) is 56.0 Å². The molecule has 8 nitrogen and oxygen atoms in total. The highest BCUT2D eigenvalue weighted by molar-refractivity contribution is 5.87. The van der Waals surface area contributed by atoms with E-state index in [-0.39, 0.29) is 32.3 Å². The second kappa shape index (κ2) is 13.2. The first-order valence-corrected chi connectivity index (χ1v) is 13.0. The van der Waals surface area contributed by atoms with Crippen LogP contribution in [0.5, 0.6) is 0 Å². The number of hydrogen-bond acceptors (Lipinski definition) is 6. The van der Waals surface area contributed by atoms with Crippen LogP contribution in [-0.4, -0.2) is 53.7 Å². The molecule has 0 saturated carbocycles. The summed E-state index contributed by atoms with van der Waals surface area (Å²) in [5.41, 5.74) is 5.91. The third-order valence-corrected chi connectivity index (χ3v) is 6.83. The molecule has 8 heteroatoms. The topological polar surface area (TPSA) is 81.9 Å². The minimum absolute atomic E-state index is 0. The third kappa shape index (κ3) is 7.01. The van der Waals surface area contributed by atoms with E-state index in [0.29, 0.717) is 25.4 Å². The predicted octanol–water partition coefficient (Wildman–Crippen LogP) is 5.10. The highest BCUT2D eigenvalue weighted by Crippen LogP contribution is 2.29. The van der Waals surface area contributed by atoms with Crippen LogP contribution < -0.4 is 10.2 Å². The molecule has 1 aromatic heterocycles. The van der Waals surface area contributed by atoms with E-state index in [4.69, 9.17) is 4.52 Å². The molecule has 0 radical (unpaired) electrons. The number of anilines is 1. The number of fused-ring (bicyclic) bond motifs is 1. The molecule has 1 aliphatic heterocycles. The Kier molecular flexibility index (Phi) is 10.1. The normalized spacial score (nSPS) is 12.5. The van der Waals surface area contributed by atoms with Gasteiger partial charge in [0.25, 0.3) is 5.91 Å². The summed E-state index contributed by atoms with van der Waals surface area (Å²) < 4.78 is 5.47. The van der Waals surface area contributed by atoms with E-state index in [0.717, 1.165) is 41.8 Å². The van der Waals surface area contributed by atoms with E-state index in [9.17, 15) is 9.59 Å². The molecule has 0 bridgehead atoms. The van der Waals surface area contributed by atoms with Crippen molar-refractivity contribution in [2.45, 2.75) is 60.5 Å². The van der Waals surface area contributed by atoms with E-state index < -0.39 is 0 Å². The molecule has 1 N–H and O–H groups in total. The van der Waals surface area contributed by atoms with Crippen molar-refractivity contribution in [2.75, 3.05) is 31.6 Å². The smallest absolute Gasteiger partial charge is 0.256 e. The summed E-state index contributed by atoms with van der Waals surface area (Å²) >= 11 is 0. The molecule has 2 amide bonds. The van der Waals surface area contributed by atoms with E-state index in [2.05, 4.69) is 29.5 Å². The average Bonchev–Trinajstić information content (AvgIpc) is 3.52. The number of hydrazine groups is 1. The molecule has 2 heterocycles. The Morgan fingerprint density at radius 1 is 1.03 bits per heavy atom. The van der Waals surface area contributed by atoms with Crippen molar-refractivity contribution in [3.63, 3.8) is 0 Å². The fourth-order valence-electron chi connectivity index (χ4n) is 4.61. The van der Waals surface area contributed by atoms with Gasteiger partial charge in [-0.25, -0.2) is 5.01 Å². The SMILES string of the molecule is C.CCCCCNC(=O)CN(CC(=O)N(C)N1Cc2ccccc2C1)c1cc(-c2cc(C)no2)ccc1C. The fraction of sp³-hybridized carbons (Fsp3) is 0.433. The zero-order valence-corrected chi connectivity index (χ0v) is 22.3. The molecule has 0 atom stereocenters. The van der Waals surface area contributed by atoms with E-state index >= 15 is 0 Å². The molecule has 0 unspecified atom stereocenters. The van der Waals surface area contributed by atoms with Gasteiger partial charge in [-0.15, -0.1) is 0 Å². The summed E-state index contributed by atoms with van der Waals surface area (Å²) in [6.07, 6.45) is 3.11. The van der Waals surface area contributed by atoms with Gasteiger partial charge >= 0.3 is 0 Å². The number of unbranched alkanes of at least 4 members (excludes halogenated alkanes) is 2. The van der Waals surface area contributed by atoms with Crippen molar-refractivity contribution >= 4 is 17.5 Å². The monoisotopic (exact) mass is 519 g/mol. The second-order valence-corrected chi connectivity index (χ2v) is 9.76. The van der Waals surface area contributed by atoms with E-state index in [1.165, 1.54) is 11.1 Å². The Labute approximate surface area is 226 Å². The van der Waals surface area contributed by atoms with Crippen LogP contribution in [0.2, 0.25) is 0 Å². The molecule has 0 aliphatic carbocycles. The predicted molar refractivity (Wildman–Crippen MR) is 151 cm³/mol. The van der Waals surface area contributed by atoms with Crippen LogP contribution in [0.3, 0.4) is 0 Å². The van der Waals surface area contributed by atoms with Gasteiger partial charge in [0.05, 0.1) is 18.8 Å². The van der Waals surface area contributed by atoms with Gasteiger partial charge in [-0.1, -0.05) is 68.7 Å². The number of nitrogens with one attached hydrogen (secondary N) is 1. The lowest BCUT2D eigenvalue weighted by Gasteiger charge is -2.32. The number of rotatable bonds is 11. The van der Waals surface area contributed by atoms with Crippen molar-refractivity contribution in [3.8, 4) is 11.3 Å². The number of carbonyl (C=O) groups is 2. The molecular formula is C30H41N5O3. The van der Waals surface area contributed by atoms with Crippen molar-refractivity contribution in [1.29, 1.82) is 0 Å². The van der Waals surface area contributed by atoms with Crippen LogP contribution in [0.25, 0.3) is 11.3 Å². The highest BCUT2D eigenvalue weighted by atomic mass is 16.5. The van der Waals surface area contributed by atoms with Gasteiger partial charge in [-0.3, -0.25) is 14.6 Å². The summed E-state index contributed by atoms with van der Waals surface area (Å²) in [6.45, 7) is 8.18. The number of aryl methyl sites for hydroxylation is 2. The molecule has 0 saturated heterocycles. The van der Waals surface area contributed by atoms with Crippen LogP contribution >= 0.6 is 0 Å². The standard InChI is InChI=1S/C29H37N5O3.CH4/c1-5-6-9-14-30-28(35)19-33(26-16-23(13-12-21(26)2)27-15-22(3)31-37-27)20-29(36)32(4)34-17-24-10-7-8-11-25(24)18-34;/h7-8,10-13,15-16H,5-6,9,14,17-20H2,1-4H3,(H,30,35);1H4. The number of likely N-dealkylation sites (N-methyl/N-ethyl adjacent to an activating group) is 1. The minimum Gasteiger partial charge on any atom is -0.356 e. The lowest BCUT2D eigenvalue weighted by atomic mass is 10.1. The summed E-state index contributed by atoms with van der Waals surface area (Å²) in [6, 6.07) is 16.1. The Bertz CT molecular complexity index is 1210. The molecule has 0 fully saturated rings. The zero-order chi connectivity index (χ0) is 26.4. The van der Waals surface area contributed by atoms with Crippen LogP contribution in [0, 0.1) is 13.8 Å². The number of aromatic nitrogens is 1. The Morgan fingerprint density at radius 2 is 1.74 bits per heavy atom. The maximum atomic E-state index is 13.5. The van der Waals surface area contributed by atoms with Gasteiger partial charge in [0.15, 0.2) is 5.76 Å². The maximum absolute atomic E-state index is 13.5. The lowest BCUT2D eigenvalue weighted by molar-refractivity contribution is -0.145. The summed E-state index contributed by atoms with van der Waals surface area (Å²) in [7, 11) is 1.80. The Morgan fingerprint density at radius 3 is 2.37 bits per heavy atom. The molecule has 3 aromatic rings. The summed E-state index contributed by atoms with van der Waals surface area (Å²) in [5, 5.41) is 10.7. The van der Waals surface area contributed by atoms with Crippen molar-refractivity contribution in [3.05, 3.63) is 70.9 Å². The van der Waals surface area contributed by atoms with E-state index in [1.807, 2.05) is 60.2 Å². The third-order valence-electron chi connectivity index (χ3n) is 6.83. The Balaban J connectivity index is 0.00000400. The molecule has 1 aliphatic rings. The average molecular weight is 520 g/mol. The van der Waals surface area contributed by atoms with Gasteiger partial charge in [-0.2, -0.15) is 0 Å². The molecule has 0 spiro atoms. The van der Waals surface area contributed by atoms with E-state index in [1.54, 1.807) is 12.1 Å². The largest absolute Gasteiger partial charge is 0.356 e. The lowest BCUT2D eigenvalue weighted by Crippen LogP contribution is -2.48. The molecule has 2 aromatic carbocycles. The van der Waals surface area contributed by atoms with Gasteiger partial charge in [0, 0.05) is 44.0 Å². The number of amides is 2. The summed E-state index contributed by atoms with van der Waals surface area (Å²) in [4.78, 5) is 28.3. The summed E-state index contributed by atoms with van der Waals surface area (Å²) in [5.74, 6) is 0.480. The fourth-order valence-corrected chi connectivity index (χ4v) is 4.61. The number of nitrogens with zero attached hydrogens (tertiary/aromatic N) is 4. The minimum atomic E-state index is -0.0968. The van der Waals surface area contributed by atoms with Crippen molar-refractivity contribution < 1.29 is 14.1 Å². The van der Waals surface area contributed by atoms with Crippen LogP contribution in [-0.2, 0) is 22.7 Å². The van der Waals surface area contributed by atoms with Crippen LogP contribution in [0.15, 0.2) is 53.1 Å².